The maximum atomic E-state index is 13.1. The van der Waals surface area contributed by atoms with E-state index in [4.69, 9.17) is 11.6 Å². The molecule has 2 aromatic carbocycles. The molecule has 1 amide bonds. The third-order valence-corrected chi connectivity index (χ3v) is 8.89. The fraction of sp³-hybridized carbons (Fsp3) is 0.227. The summed E-state index contributed by atoms with van der Waals surface area (Å²) in [5, 5.41) is 3.34. The van der Waals surface area contributed by atoms with Crippen LogP contribution in [0.15, 0.2) is 64.9 Å². The highest BCUT2D eigenvalue weighted by atomic mass is 35.5. The first-order valence-electron chi connectivity index (χ1n) is 9.96. The third kappa shape index (κ3) is 5.12. The van der Waals surface area contributed by atoms with Gasteiger partial charge in [0.05, 0.1) is 6.54 Å². The molecular formula is C22H21ClFN3O3S2. The van der Waals surface area contributed by atoms with Gasteiger partial charge in [-0.1, -0.05) is 11.6 Å². The van der Waals surface area contributed by atoms with Gasteiger partial charge < -0.3 is 10.2 Å². The predicted molar refractivity (Wildman–Crippen MR) is 124 cm³/mol. The van der Waals surface area contributed by atoms with Crippen molar-refractivity contribution >= 4 is 44.6 Å². The molecule has 0 spiro atoms. The second kappa shape index (κ2) is 9.58. The monoisotopic (exact) mass is 493 g/mol. The zero-order valence-electron chi connectivity index (χ0n) is 17.0. The Morgan fingerprint density at radius 1 is 0.969 bits per heavy atom. The zero-order valence-corrected chi connectivity index (χ0v) is 19.4. The molecule has 0 unspecified atom stereocenters. The molecule has 0 saturated carbocycles. The van der Waals surface area contributed by atoms with E-state index in [0.717, 1.165) is 21.9 Å². The second-order valence-corrected chi connectivity index (χ2v) is 11.0. The molecule has 0 radical (unpaired) electrons. The molecule has 0 atom stereocenters. The lowest BCUT2D eigenvalue weighted by atomic mass is 10.2. The van der Waals surface area contributed by atoms with Gasteiger partial charge in [-0.3, -0.25) is 4.79 Å². The van der Waals surface area contributed by atoms with Crippen molar-refractivity contribution in [2.45, 2.75) is 10.8 Å². The Bertz CT molecular complexity index is 1190. The van der Waals surface area contributed by atoms with Crippen molar-refractivity contribution in [3.8, 4) is 0 Å². The number of hydrogen-bond donors (Lipinski definition) is 1. The normalized spacial score (nSPS) is 15.0. The number of nitrogens with zero attached hydrogens (tertiary/aromatic N) is 2. The highest BCUT2D eigenvalue weighted by Crippen LogP contribution is 2.27. The highest BCUT2D eigenvalue weighted by Gasteiger charge is 2.29. The molecule has 1 aliphatic heterocycles. The zero-order chi connectivity index (χ0) is 22.7. The van der Waals surface area contributed by atoms with E-state index in [0.29, 0.717) is 36.8 Å². The maximum Gasteiger partial charge on any atom is 0.252 e. The molecule has 0 aliphatic carbocycles. The number of nitrogens with one attached hydrogen (secondary N) is 1. The Morgan fingerprint density at radius 2 is 1.62 bits per heavy atom. The van der Waals surface area contributed by atoms with Gasteiger partial charge in [0.2, 0.25) is 0 Å². The number of halogens is 2. The number of piperazine rings is 1. The SMILES string of the molecule is O=C(NCc1ccc(S(=O)(=O)N2CCN(c3ccc(F)cc3)CC2)s1)c1ccc(Cl)cc1. The van der Waals surface area contributed by atoms with Gasteiger partial charge in [-0.05, 0) is 60.7 Å². The van der Waals surface area contributed by atoms with Crippen molar-refractivity contribution in [1.82, 2.24) is 9.62 Å². The minimum Gasteiger partial charge on any atom is -0.369 e. The Balaban J connectivity index is 1.35. The number of hydrogen-bond acceptors (Lipinski definition) is 5. The Morgan fingerprint density at radius 3 is 2.28 bits per heavy atom. The first-order chi connectivity index (χ1) is 15.3. The molecule has 32 heavy (non-hydrogen) atoms. The second-order valence-electron chi connectivity index (χ2n) is 7.28. The van der Waals surface area contributed by atoms with Crippen molar-refractivity contribution in [2.75, 3.05) is 31.1 Å². The summed E-state index contributed by atoms with van der Waals surface area (Å²) in [5.41, 5.74) is 1.36. The summed E-state index contributed by atoms with van der Waals surface area (Å²) in [6.45, 7) is 1.99. The van der Waals surface area contributed by atoms with Gasteiger partial charge in [0.15, 0.2) is 0 Å². The number of anilines is 1. The minimum absolute atomic E-state index is 0.236. The number of thiophene rings is 1. The van der Waals surface area contributed by atoms with E-state index < -0.39 is 10.0 Å². The smallest absolute Gasteiger partial charge is 0.252 e. The van der Waals surface area contributed by atoms with E-state index in [9.17, 15) is 17.6 Å². The van der Waals surface area contributed by atoms with Gasteiger partial charge in [-0.25, -0.2) is 12.8 Å². The van der Waals surface area contributed by atoms with Crippen molar-refractivity contribution in [1.29, 1.82) is 0 Å². The summed E-state index contributed by atoms with van der Waals surface area (Å²) in [7, 11) is -3.61. The Kier molecular flexibility index (Phi) is 6.80. The molecule has 10 heteroatoms. The standard InChI is InChI=1S/C22H21ClFN3O3S2/c23-17-3-1-16(2-4-17)22(28)25-15-20-9-10-21(31-20)32(29,30)27-13-11-26(12-14-27)19-7-5-18(24)6-8-19/h1-10H,11-15H2,(H,25,28). The van der Waals surface area contributed by atoms with E-state index in [-0.39, 0.29) is 22.5 Å². The average molecular weight is 494 g/mol. The van der Waals surface area contributed by atoms with Crippen LogP contribution in [0.3, 0.4) is 0 Å². The van der Waals surface area contributed by atoms with Gasteiger partial charge in [-0.15, -0.1) is 11.3 Å². The molecule has 1 aliphatic rings. The summed E-state index contributed by atoms with van der Waals surface area (Å²) in [4.78, 5) is 15.0. The number of benzene rings is 2. The van der Waals surface area contributed by atoms with E-state index >= 15 is 0 Å². The van der Waals surface area contributed by atoms with Crippen LogP contribution in [0, 0.1) is 5.82 Å². The van der Waals surface area contributed by atoms with Crippen molar-refractivity contribution in [3.63, 3.8) is 0 Å². The molecular weight excluding hydrogens is 473 g/mol. The number of amides is 1. The highest BCUT2D eigenvalue weighted by molar-refractivity contribution is 7.91. The fourth-order valence-corrected chi connectivity index (χ4v) is 6.43. The molecule has 168 valence electrons. The average Bonchev–Trinajstić information content (AvgIpc) is 3.29. The summed E-state index contributed by atoms with van der Waals surface area (Å²) >= 11 is 6.99. The summed E-state index contributed by atoms with van der Waals surface area (Å²) in [5.74, 6) is -0.552. The first-order valence-corrected chi connectivity index (χ1v) is 12.6. The molecule has 1 fully saturated rings. The lowest BCUT2D eigenvalue weighted by Gasteiger charge is -2.35. The van der Waals surface area contributed by atoms with E-state index in [1.54, 1.807) is 48.5 Å². The molecule has 1 N–H and O–H groups in total. The van der Waals surface area contributed by atoms with Crippen LogP contribution in [0.1, 0.15) is 15.2 Å². The minimum atomic E-state index is -3.61. The lowest BCUT2D eigenvalue weighted by Crippen LogP contribution is -2.48. The van der Waals surface area contributed by atoms with Crippen LogP contribution >= 0.6 is 22.9 Å². The van der Waals surface area contributed by atoms with Gasteiger partial charge in [0.25, 0.3) is 15.9 Å². The van der Waals surface area contributed by atoms with E-state index in [2.05, 4.69) is 5.32 Å². The topological polar surface area (TPSA) is 69.7 Å². The van der Waals surface area contributed by atoms with E-state index in [1.807, 2.05) is 4.90 Å². The Labute approximate surface area is 195 Å². The summed E-state index contributed by atoms with van der Waals surface area (Å²) in [6.07, 6.45) is 0. The Hall–Kier alpha value is -2.46. The van der Waals surface area contributed by atoms with Gasteiger partial charge in [-0.2, -0.15) is 4.31 Å². The first kappa shape index (κ1) is 22.7. The lowest BCUT2D eigenvalue weighted by molar-refractivity contribution is 0.0951. The molecule has 4 rings (SSSR count). The quantitative estimate of drug-likeness (QED) is 0.564. The van der Waals surface area contributed by atoms with E-state index in [1.165, 1.54) is 16.4 Å². The summed E-state index contributed by atoms with van der Waals surface area (Å²) in [6, 6.07) is 16.0. The number of sulfonamides is 1. The van der Waals surface area contributed by atoms with Crippen LogP contribution < -0.4 is 10.2 Å². The molecule has 1 aromatic heterocycles. The fourth-order valence-electron chi connectivity index (χ4n) is 3.43. The molecule has 6 nitrogen and oxygen atoms in total. The largest absolute Gasteiger partial charge is 0.369 e. The van der Waals surface area contributed by atoms with Crippen molar-refractivity contribution < 1.29 is 17.6 Å². The number of rotatable bonds is 6. The van der Waals surface area contributed by atoms with Gasteiger partial charge in [0, 0.05) is 47.3 Å². The van der Waals surface area contributed by atoms with Crippen LogP contribution in [0.5, 0.6) is 0 Å². The molecule has 3 aromatic rings. The van der Waals surface area contributed by atoms with Crippen LogP contribution in [-0.4, -0.2) is 44.8 Å². The number of carbonyl (C=O) groups is 1. The van der Waals surface area contributed by atoms with Crippen LogP contribution in [0.25, 0.3) is 0 Å². The maximum absolute atomic E-state index is 13.1. The van der Waals surface area contributed by atoms with Gasteiger partial charge in [0.1, 0.15) is 10.0 Å². The van der Waals surface area contributed by atoms with Crippen LogP contribution in [0.4, 0.5) is 10.1 Å². The summed E-state index contributed by atoms with van der Waals surface area (Å²) < 4.78 is 40.9. The predicted octanol–water partition coefficient (Wildman–Crippen LogP) is 3.98. The van der Waals surface area contributed by atoms with Gasteiger partial charge >= 0.3 is 0 Å². The van der Waals surface area contributed by atoms with Crippen molar-refractivity contribution in [3.05, 3.63) is 81.9 Å². The molecule has 0 bridgehead atoms. The molecule has 2 heterocycles. The molecule has 1 saturated heterocycles. The van der Waals surface area contributed by atoms with Crippen LogP contribution in [0.2, 0.25) is 5.02 Å². The number of carbonyl (C=O) groups excluding carboxylic acids is 1. The van der Waals surface area contributed by atoms with Crippen LogP contribution in [-0.2, 0) is 16.6 Å². The third-order valence-electron chi connectivity index (χ3n) is 5.19. The van der Waals surface area contributed by atoms with Crippen molar-refractivity contribution in [2.24, 2.45) is 0 Å².